The van der Waals surface area contributed by atoms with Gasteiger partial charge in [0.25, 0.3) is 0 Å². The van der Waals surface area contributed by atoms with Gasteiger partial charge in [0, 0.05) is 16.4 Å². The third kappa shape index (κ3) is 2.42. The fraction of sp³-hybridized carbons (Fsp3) is 0.571. The molecule has 2 aliphatic rings. The molecular formula is C14H18BrNO. The minimum absolute atomic E-state index is 0.242. The highest BCUT2D eigenvalue weighted by Gasteiger charge is 2.43. The Bertz CT molecular complexity index is 392. The lowest BCUT2D eigenvalue weighted by Gasteiger charge is -2.25. The summed E-state index contributed by atoms with van der Waals surface area (Å²) in [4.78, 5) is 0. The number of ether oxygens (including phenoxy) is 1. The minimum atomic E-state index is 0.242. The van der Waals surface area contributed by atoms with E-state index in [-0.39, 0.29) is 6.04 Å². The molecule has 2 aliphatic heterocycles. The van der Waals surface area contributed by atoms with Gasteiger partial charge in [-0.2, -0.15) is 0 Å². The molecule has 17 heavy (non-hydrogen) atoms. The van der Waals surface area contributed by atoms with Crippen molar-refractivity contribution < 1.29 is 4.74 Å². The number of hydrogen-bond donors (Lipinski definition) is 1. The molecule has 92 valence electrons. The van der Waals surface area contributed by atoms with Gasteiger partial charge in [0.05, 0.1) is 12.2 Å². The van der Waals surface area contributed by atoms with Crippen molar-refractivity contribution in [1.29, 1.82) is 0 Å². The van der Waals surface area contributed by atoms with Crippen LogP contribution in [0, 0.1) is 5.92 Å². The zero-order valence-corrected chi connectivity index (χ0v) is 11.4. The predicted octanol–water partition coefficient (Wildman–Crippen LogP) is 2.89. The normalized spacial score (nSPS) is 32.9. The summed E-state index contributed by atoms with van der Waals surface area (Å²) in [5, 5.41) is 0. The first-order valence-corrected chi connectivity index (χ1v) is 7.17. The monoisotopic (exact) mass is 295 g/mol. The second-order valence-corrected chi connectivity index (χ2v) is 6.18. The molecule has 3 rings (SSSR count). The van der Waals surface area contributed by atoms with E-state index in [0.29, 0.717) is 18.1 Å². The van der Waals surface area contributed by atoms with E-state index in [1.807, 2.05) is 0 Å². The fourth-order valence-electron chi connectivity index (χ4n) is 3.17. The average molecular weight is 296 g/mol. The Balaban J connectivity index is 1.63. The first-order chi connectivity index (χ1) is 8.22. The van der Waals surface area contributed by atoms with Crippen molar-refractivity contribution in [3.8, 4) is 0 Å². The molecule has 0 aromatic heterocycles. The highest BCUT2D eigenvalue weighted by atomic mass is 79.9. The van der Waals surface area contributed by atoms with Crippen molar-refractivity contribution in [2.24, 2.45) is 11.7 Å². The van der Waals surface area contributed by atoms with Gasteiger partial charge in [-0.05, 0) is 43.4 Å². The number of nitrogens with two attached hydrogens (primary N) is 1. The number of rotatable bonds is 3. The van der Waals surface area contributed by atoms with Crippen molar-refractivity contribution in [1.82, 2.24) is 0 Å². The Hall–Kier alpha value is -0.380. The van der Waals surface area contributed by atoms with Gasteiger partial charge in [0.15, 0.2) is 0 Å². The van der Waals surface area contributed by atoms with Gasteiger partial charge in [-0.25, -0.2) is 0 Å². The van der Waals surface area contributed by atoms with E-state index in [9.17, 15) is 0 Å². The molecule has 1 aromatic carbocycles. The number of hydrogen-bond acceptors (Lipinski definition) is 2. The standard InChI is InChI=1S/C14H18BrNO/c15-10-3-1-9(2-4-10)7-13(16)12-8-11-5-6-14(12)17-11/h1-4,11-14H,5-8,16H2. The van der Waals surface area contributed by atoms with Crippen LogP contribution in [0.15, 0.2) is 28.7 Å². The van der Waals surface area contributed by atoms with Crippen LogP contribution >= 0.6 is 15.9 Å². The summed E-state index contributed by atoms with van der Waals surface area (Å²) in [6, 6.07) is 8.71. The Labute approximate surface area is 111 Å². The van der Waals surface area contributed by atoms with Gasteiger partial charge in [0.2, 0.25) is 0 Å². The molecule has 4 unspecified atom stereocenters. The Morgan fingerprint density at radius 1 is 1.29 bits per heavy atom. The highest BCUT2D eigenvalue weighted by molar-refractivity contribution is 9.10. The largest absolute Gasteiger partial charge is 0.375 e. The lowest BCUT2D eigenvalue weighted by atomic mass is 9.82. The van der Waals surface area contributed by atoms with Gasteiger partial charge >= 0.3 is 0 Å². The van der Waals surface area contributed by atoms with Gasteiger partial charge < -0.3 is 10.5 Å². The molecule has 1 aromatic rings. The van der Waals surface area contributed by atoms with Crippen molar-refractivity contribution in [3.63, 3.8) is 0 Å². The quantitative estimate of drug-likeness (QED) is 0.931. The van der Waals surface area contributed by atoms with Gasteiger partial charge in [0.1, 0.15) is 0 Å². The van der Waals surface area contributed by atoms with Crippen LogP contribution in [0.1, 0.15) is 24.8 Å². The maximum atomic E-state index is 6.34. The van der Waals surface area contributed by atoms with Crippen LogP contribution in [0.2, 0.25) is 0 Å². The molecule has 0 aliphatic carbocycles. The van der Waals surface area contributed by atoms with E-state index < -0.39 is 0 Å². The summed E-state index contributed by atoms with van der Waals surface area (Å²) in [5.74, 6) is 0.567. The van der Waals surface area contributed by atoms with Crippen LogP contribution < -0.4 is 5.73 Å². The first kappa shape index (κ1) is 11.7. The highest BCUT2D eigenvalue weighted by Crippen LogP contribution is 2.40. The molecule has 0 radical (unpaired) electrons. The summed E-state index contributed by atoms with van der Waals surface area (Å²) in [5.41, 5.74) is 7.67. The lowest BCUT2D eigenvalue weighted by molar-refractivity contribution is 0.0885. The maximum Gasteiger partial charge on any atom is 0.0623 e. The summed E-state index contributed by atoms with van der Waals surface area (Å²) in [6.45, 7) is 0. The minimum Gasteiger partial charge on any atom is -0.375 e. The predicted molar refractivity (Wildman–Crippen MR) is 71.8 cm³/mol. The number of halogens is 1. The third-order valence-corrected chi connectivity index (χ3v) is 4.62. The van der Waals surface area contributed by atoms with Crippen molar-refractivity contribution in [3.05, 3.63) is 34.3 Å². The molecule has 3 heteroatoms. The molecule has 0 saturated carbocycles. The molecular weight excluding hydrogens is 278 g/mol. The van der Waals surface area contributed by atoms with E-state index >= 15 is 0 Å². The summed E-state index contributed by atoms with van der Waals surface area (Å²) >= 11 is 3.45. The zero-order valence-electron chi connectivity index (χ0n) is 9.81. The summed E-state index contributed by atoms with van der Waals surface area (Å²) in [6.07, 6.45) is 5.52. The smallest absolute Gasteiger partial charge is 0.0623 e. The molecule has 2 bridgehead atoms. The SMILES string of the molecule is NC(Cc1ccc(Br)cc1)C1CC2CCC1O2. The van der Waals surface area contributed by atoms with E-state index in [1.165, 1.54) is 24.8 Å². The van der Waals surface area contributed by atoms with Gasteiger partial charge in [-0.1, -0.05) is 28.1 Å². The van der Waals surface area contributed by atoms with E-state index in [0.717, 1.165) is 10.9 Å². The van der Waals surface area contributed by atoms with Crippen LogP contribution in [0.25, 0.3) is 0 Å². The summed E-state index contributed by atoms with van der Waals surface area (Å²) in [7, 11) is 0. The second kappa shape index (κ2) is 4.71. The van der Waals surface area contributed by atoms with Crippen molar-refractivity contribution in [2.75, 3.05) is 0 Å². The molecule has 2 saturated heterocycles. The van der Waals surface area contributed by atoms with E-state index in [2.05, 4.69) is 40.2 Å². The maximum absolute atomic E-state index is 6.34. The van der Waals surface area contributed by atoms with Crippen molar-refractivity contribution in [2.45, 2.75) is 43.9 Å². The van der Waals surface area contributed by atoms with Gasteiger partial charge in [-0.15, -0.1) is 0 Å². The fourth-order valence-corrected chi connectivity index (χ4v) is 3.44. The zero-order chi connectivity index (χ0) is 11.8. The topological polar surface area (TPSA) is 35.2 Å². The third-order valence-electron chi connectivity index (χ3n) is 4.09. The lowest BCUT2D eigenvalue weighted by Crippen LogP contribution is -2.37. The molecule has 0 amide bonds. The molecule has 2 fully saturated rings. The Kier molecular flexibility index (Phi) is 3.24. The van der Waals surface area contributed by atoms with Gasteiger partial charge in [-0.3, -0.25) is 0 Å². The molecule has 2 nitrogen and oxygen atoms in total. The van der Waals surface area contributed by atoms with E-state index in [4.69, 9.17) is 10.5 Å². The van der Waals surface area contributed by atoms with Crippen LogP contribution in [0.3, 0.4) is 0 Å². The Morgan fingerprint density at radius 2 is 2.06 bits per heavy atom. The molecule has 2 heterocycles. The van der Waals surface area contributed by atoms with Crippen LogP contribution in [0.4, 0.5) is 0 Å². The Morgan fingerprint density at radius 3 is 2.65 bits per heavy atom. The summed E-state index contributed by atoms with van der Waals surface area (Å²) < 4.78 is 7.00. The molecule has 0 spiro atoms. The second-order valence-electron chi connectivity index (χ2n) is 5.27. The first-order valence-electron chi connectivity index (χ1n) is 6.38. The van der Waals surface area contributed by atoms with Crippen LogP contribution in [-0.2, 0) is 11.2 Å². The average Bonchev–Trinajstić information content (AvgIpc) is 2.94. The number of benzene rings is 1. The van der Waals surface area contributed by atoms with Crippen LogP contribution in [-0.4, -0.2) is 18.2 Å². The molecule has 2 N–H and O–H groups in total. The van der Waals surface area contributed by atoms with Crippen molar-refractivity contribution >= 4 is 15.9 Å². The number of fused-ring (bicyclic) bond motifs is 2. The van der Waals surface area contributed by atoms with Crippen LogP contribution in [0.5, 0.6) is 0 Å². The molecule has 4 atom stereocenters. The van der Waals surface area contributed by atoms with E-state index in [1.54, 1.807) is 0 Å².